The van der Waals surface area contributed by atoms with Crippen LogP contribution in [0.4, 0.5) is 5.13 Å². The summed E-state index contributed by atoms with van der Waals surface area (Å²) in [6, 6.07) is 9.99. The molecule has 0 radical (unpaired) electrons. The third kappa shape index (κ3) is 3.80. The lowest BCUT2D eigenvalue weighted by Crippen LogP contribution is -2.27. The van der Waals surface area contributed by atoms with Crippen molar-refractivity contribution in [1.82, 2.24) is 9.97 Å². The minimum atomic E-state index is -0.387. The zero-order valence-electron chi connectivity index (χ0n) is 15.3. The van der Waals surface area contributed by atoms with E-state index in [9.17, 15) is 4.79 Å². The summed E-state index contributed by atoms with van der Waals surface area (Å²) < 4.78 is 6.75. The molecule has 2 heterocycles. The normalized spacial score (nSPS) is 16.1. The number of anilines is 1. The van der Waals surface area contributed by atoms with Crippen LogP contribution >= 0.6 is 23.1 Å². The Hall–Kier alpha value is -2.12. The molecule has 1 atom stereocenters. The van der Waals surface area contributed by atoms with Gasteiger partial charge in [-0.05, 0) is 25.3 Å². The van der Waals surface area contributed by atoms with Crippen LogP contribution in [0.1, 0.15) is 49.2 Å². The van der Waals surface area contributed by atoms with Crippen molar-refractivity contribution < 1.29 is 9.21 Å². The first-order valence-corrected chi connectivity index (χ1v) is 10.7. The monoisotopic (exact) mass is 399 g/mol. The molecule has 4 rings (SSSR count). The third-order valence-electron chi connectivity index (χ3n) is 4.78. The maximum atomic E-state index is 12.8. The number of nitrogens with zero attached hydrogens (tertiary/aromatic N) is 2. The molecule has 3 aromatic rings. The summed E-state index contributed by atoms with van der Waals surface area (Å²) in [6.07, 6.45) is 6.19. The number of rotatable bonds is 7. The van der Waals surface area contributed by atoms with E-state index in [0.29, 0.717) is 5.13 Å². The maximum absolute atomic E-state index is 12.8. The minimum absolute atomic E-state index is 0.0351. The van der Waals surface area contributed by atoms with Crippen LogP contribution in [0, 0.1) is 0 Å². The van der Waals surface area contributed by atoms with Gasteiger partial charge < -0.3 is 9.73 Å². The molecule has 140 valence electrons. The first-order chi connectivity index (χ1) is 13.1. The zero-order chi connectivity index (χ0) is 18.9. The molecule has 0 spiro atoms. The fourth-order valence-corrected chi connectivity index (χ4v) is 5.10. The molecule has 1 aromatic carbocycles. The van der Waals surface area contributed by atoms with E-state index in [1.807, 2.05) is 37.3 Å². The van der Waals surface area contributed by atoms with Crippen molar-refractivity contribution in [3.05, 3.63) is 59.9 Å². The lowest BCUT2D eigenvalue weighted by atomic mass is 9.95. The van der Waals surface area contributed by atoms with E-state index in [0.717, 1.165) is 40.7 Å². The lowest BCUT2D eigenvalue weighted by molar-refractivity contribution is -0.118. The number of amides is 1. The van der Waals surface area contributed by atoms with Gasteiger partial charge in [0.05, 0.1) is 27.3 Å². The summed E-state index contributed by atoms with van der Waals surface area (Å²) in [5, 5.41) is 3.73. The van der Waals surface area contributed by atoms with Crippen molar-refractivity contribution in [2.75, 3.05) is 5.32 Å². The Morgan fingerprint density at radius 3 is 2.74 bits per heavy atom. The quantitative estimate of drug-likeness (QED) is 0.552. The number of oxazole rings is 1. The lowest BCUT2D eigenvalue weighted by Gasteiger charge is -2.14. The predicted octanol–water partition coefficient (Wildman–Crippen LogP) is 5.22. The van der Waals surface area contributed by atoms with Crippen molar-refractivity contribution in [2.45, 2.75) is 48.0 Å². The second-order valence-corrected chi connectivity index (χ2v) is 9.34. The fourth-order valence-electron chi connectivity index (χ4n) is 3.02. The van der Waals surface area contributed by atoms with Gasteiger partial charge in [-0.2, -0.15) is 0 Å². The minimum Gasteiger partial charge on any atom is -0.445 e. The third-order valence-corrected chi connectivity index (χ3v) is 6.92. The summed E-state index contributed by atoms with van der Waals surface area (Å²) in [6.45, 7) is 4.10. The highest BCUT2D eigenvalue weighted by molar-refractivity contribution is 8.01. The number of benzene rings is 1. The van der Waals surface area contributed by atoms with Crippen molar-refractivity contribution >= 4 is 34.1 Å². The second-order valence-electron chi connectivity index (χ2n) is 6.67. The average Bonchev–Trinajstić information content (AvgIpc) is 3.16. The van der Waals surface area contributed by atoms with Gasteiger partial charge in [-0.3, -0.25) is 4.79 Å². The molecule has 1 aliphatic carbocycles. The van der Waals surface area contributed by atoms with Gasteiger partial charge in [0.2, 0.25) is 11.8 Å². The van der Waals surface area contributed by atoms with E-state index >= 15 is 0 Å². The van der Waals surface area contributed by atoms with Crippen LogP contribution in [-0.4, -0.2) is 15.9 Å². The highest BCUT2D eigenvalue weighted by Gasteiger charge is 2.51. The molecule has 1 amide bonds. The molecule has 0 aliphatic heterocycles. The summed E-state index contributed by atoms with van der Waals surface area (Å²) in [5.41, 5.74) is 0.695. The first-order valence-electron chi connectivity index (χ1n) is 9.05. The average molecular weight is 400 g/mol. The number of carbonyl (C=O) groups is 1. The fraction of sp³-hybridized carbons (Fsp3) is 0.350. The molecular formula is C20H21N3O2S2. The topological polar surface area (TPSA) is 68.0 Å². The molecule has 5 nitrogen and oxygen atoms in total. The van der Waals surface area contributed by atoms with Crippen LogP contribution in [0.5, 0.6) is 0 Å². The molecular weight excluding hydrogens is 378 g/mol. The number of aryl methyl sites for hydroxylation is 1. The standard InChI is InChI=1S/C20H21N3O2S2/c1-3-15-11-21-17(25-15)13(2)26-16-12-22-19(27-16)23-18(24)20(9-10-20)14-7-5-4-6-8-14/h4-8,11-13H,3,9-10H2,1-2H3,(H,22,23,24). The van der Waals surface area contributed by atoms with Gasteiger partial charge >= 0.3 is 0 Å². The Kier molecular flexibility index (Phi) is 5.06. The van der Waals surface area contributed by atoms with Crippen LogP contribution in [0.2, 0.25) is 0 Å². The molecule has 2 aromatic heterocycles. The molecule has 1 N–H and O–H groups in total. The van der Waals surface area contributed by atoms with E-state index in [4.69, 9.17) is 4.42 Å². The van der Waals surface area contributed by atoms with Crippen LogP contribution in [0.25, 0.3) is 0 Å². The number of hydrogen-bond donors (Lipinski definition) is 1. The number of thiazole rings is 1. The summed E-state index contributed by atoms with van der Waals surface area (Å²) in [7, 11) is 0. The highest BCUT2D eigenvalue weighted by Crippen LogP contribution is 2.49. The Morgan fingerprint density at radius 1 is 1.30 bits per heavy atom. The van der Waals surface area contributed by atoms with E-state index in [1.165, 1.54) is 11.3 Å². The van der Waals surface area contributed by atoms with Gasteiger partial charge in [0.25, 0.3) is 0 Å². The van der Waals surface area contributed by atoms with Gasteiger partial charge in [0.1, 0.15) is 5.76 Å². The second kappa shape index (κ2) is 7.48. The Labute approximate surface area is 166 Å². The molecule has 1 unspecified atom stereocenters. The first kappa shape index (κ1) is 18.3. The Bertz CT molecular complexity index is 932. The van der Waals surface area contributed by atoms with Gasteiger partial charge in [-0.1, -0.05) is 48.6 Å². The number of thioether (sulfide) groups is 1. The van der Waals surface area contributed by atoms with Crippen molar-refractivity contribution in [3.8, 4) is 0 Å². The van der Waals surface area contributed by atoms with E-state index in [1.54, 1.807) is 24.2 Å². The van der Waals surface area contributed by atoms with Crippen molar-refractivity contribution in [3.63, 3.8) is 0 Å². The van der Waals surface area contributed by atoms with Gasteiger partial charge in [0.15, 0.2) is 5.13 Å². The Balaban J connectivity index is 1.40. The van der Waals surface area contributed by atoms with Gasteiger partial charge in [-0.15, -0.1) is 11.8 Å². The van der Waals surface area contributed by atoms with E-state index in [2.05, 4.69) is 22.2 Å². The van der Waals surface area contributed by atoms with Gasteiger partial charge in [0, 0.05) is 6.42 Å². The maximum Gasteiger partial charge on any atom is 0.236 e. The van der Waals surface area contributed by atoms with Crippen LogP contribution in [-0.2, 0) is 16.6 Å². The van der Waals surface area contributed by atoms with Crippen LogP contribution < -0.4 is 5.32 Å². The molecule has 7 heteroatoms. The molecule has 0 bridgehead atoms. The number of nitrogens with one attached hydrogen (secondary N) is 1. The molecule has 0 saturated heterocycles. The summed E-state index contributed by atoms with van der Waals surface area (Å²) >= 11 is 3.12. The SMILES string of the molecule is CCc1cnc(C(C)Sc2cnc(NC(=O)C3(c4ccccc4)CC3)s2)o1. The molecule has 1 fully saturated rings. The summed E-state index contributed by atoms with van der Waals surface area (Å²) in [5.74, 6) is 1.65. The number of hydrogen-bond acceptors (Lipinski definition) is 6. The van der Waals surface area contributed by atoms with E-state index in [-0.39, 0.29) is 16.6 Å². The molecule has 27 heavy (non-hydrogen) atoms. The Morgan fingerprint density at radius 2 is 2.07 bits per heavy atom. The number of aromatic nitrogens is 2. The van der Waals surface area contributed by atoms with Crippen molar-refractivity contribution in [2.24, 2.45) is 0 Å². The largest absolute Gasteiger partial charge is 0.445 e. The smallest absolute Gasteiger partial charge is 0.236 e. The molecule has 1 saturated carbocycles. The van der Waals surface area contributed by atoms with Crippen molar-refractivity contribution in [1.29, 1.82) is 0 Å². The van der Waals surface area contributed by atoms with E-state index < -0.39 is 0 Å². The summed E-state index contributed by atoms with van der Waals surface area (Å²) in [4.78, 5) is 21.5. The number of carbonyl (C=O) groups excluding carboxylic acids is 1. The molecule has 1 aliphatic rings. The zero-order valence-corrected chi connectivity index (χ0v) is 16.9. The van der Waals surface area contributed by atoms with Crippen LogP contribution in [0.3, 0.4) is 0 Å². The predicted molar refractivity (Wildman–Crippen MR) is 108 cm³/mol. The van der Waals surface area contributed by atoms with Gasteiger partial charge in [-0.25, -0.2) is 9.97 Å². The highest BCUT2D eigenvalue weighted by atomic mass is 32.2. The van der Waals surface area contributed by atoms with Crippen LogP contribution in [0.15, 0.2) is 51.4 Å².